The van der Waals surface area contributed by atoms with Crippen molar-refractivity contribution in [2.24, 2.45) is 0 Å². The van der Waals surface area contributed by atoms with Crippen LogP contribution in [0.3, 0.4) is 0 Å². The second-order valence-corrected chi connectivity index (χ2v) is 7.98. The molecule has 0 radical (unpaired) electrons. The smallest absolute Gasteiger partial charge is 0.150 e. The number of hydrogen-bond donors (Lipinski definition) is 1. The normalized spacial score (nSPS) is 19.1. The summed E-state index contributed by atoms with van der Waals surface area (Å²) in [5, 5.41) is 3.48. The van der Waals surface area contributed by atoms with E-state index in [1.165, 1.54) is 0 Å². The van der Waals surface area contributed by atoms with E-state index in [1.807, 2.05) is 25.1 Å². The Morgan fingerprint density at radius 2 is 2.00 bits per heavy atom. The molecule has 0 amide bonds. The van der Waals surface area contributed by atoms with Gasteiger partial charge in [0.25, 0.3) is 0 Å². The number of rotatable bonds is 4. The van der Waals surface area contributed by atoms with E-state index < -0.39 is 9.84 Å². The van der Waals surface area contributed by atoms with Gasteiger partial charge in [-0.15, -0.1) is 0 Å². The Morgan fingerprint density at radius 3 is 2.76 bits per heavy atom. The third-order valence-electron chi connectivity index (χ3n) is 4.17. The molecular formula is C15H21N3O2S. The van der Waals surface area contributed by atoms with E-state index in [4.69, 9.17) is 0 Å². The Hall–Kier alpha value is -1.40. The van der Waals surface area contributed by atoms with Crippen LogP contribution in [0.4, 0.5) is 0 Å². The monoisotopic (exact) mass is 307 g/mol. The van der Waals surface area contributed by atoms with Crippen molar-refractivity contribution in [3.63, 3.8) is 0 Å². The highest BCUT2D eigenvalue weighted by molar-refractivity contribution is 7.91. The number of imidazole rings is 1. The number of aryl methyl sites for hydroxylation is 1. The molecule has 2 heterocycles. The van der Waals surface area contributed by atoms with E-state index in [-0.39, 0.29) is 0 Å². The van der Waals surface area contributed by atoms with Crippen LogP contribution in [0.5, 0.6) is 0 Å². The molecule has 21 heavy (non-hydrogen) atoms. The average Bonchev–Trinajstić information content (AvgIpc) is 2.77. The highest BCUT2D eigenvalue weighted by Crippen LogP contribution is 2.15. The molecular weight excluding hydrogens is 286 g/mol. The predicted octanol–water partition coefficient (Wildman–Crippen LogP) is 1.51. The van der Waals surface area contributed by atoms with Crippen molar-refractivity contribution in [3.8, 4) is 0 Å². The number of hydrogen-bond acceptors (Lipinski definition) is 4. The lowest BCUT2D eigenvalue weighted by Crippen LogP contribution is -2.38. The van der Waals surface area contributed by atoms with Crippen LogP contribution in [0.1, 0.15) is 18.7 Å². The minimum atomic E-state index is -2.77. The van der Waals surface area contributed by atoms with Crippen molar-refractivity contribution >= 4 is 20.9 Å². The second-order valence-electron chi connectivity index (χ2n) is 5.68. The number of sulfone groups is 1. The van der Waals surface area contributed by atoms with Gasteiger partial charge in [-0.05, 0) is 31.9 Å². The summed E-state index contributed by atoms with van der Waals surface area (Å²) in [6.45, 7) is 3.72. The zero-order valence-corrected chi connectivity index (χ0v) is 13.1. The lowest BCUT2D eigenvalue weighted by Gasteiger charge is -2.23. The van der Waals surface area contributed by atoms with Gasteiger partial charge in [0.05, 0.1) is 22.5 Å². The summed E-state index contributed by atoms with van der Waals surface area (Å²) < 4.78 is 25.0. The van der Waals surface area contributed by atoms with E-state index in [0.717, 1.165) is 42.8 Å². The fourth-order valence-corrected chi connectivity index (χ4v) is 4.44. The number of aromatic nitrogens is 2. The molecule has 0 aliphatic carbocycles. The molecule has 0 saturated carbocycles. The first kappa shape index (κ1) is 14.5. The lowest BCUT2D eigenvalue weighted by atomic mass is 10.1. The quantitative estimate of drug-likeness (QED) is 0.930. The highest BCUT2D eigenvalue weighted by atomic mass is 32.2. The van der Waals surface area contributed by atoms with E-state index in [0.29, 0.717) is 17.5 Å². The van der Waals surface area contributed by atoms with Crippen LogP contribution in [0.15, 0.2) is 24.3 Å². The Bertz CT molecular complexity index is 722. The molecule has 0 bridgehead atoms. The topological polar surface area (TPSA) is 64.0 Å². The maximum absolute atomic E-state index is 11.4. The Labute approximate surface area is 125 Å². The van der Waals surface area contributed by atoms with Gasteiger partial charge in [-0.2, -0.15) is 0 Å². The number of benzene rings is 1. The molecule has 1 aliphatic rings. The first-order chi connectivity index (χ1) is 10.1. The molecule has 1 aromatic heterocycles. The molecule has 2 aromatic rings. The fraction of sp³-hybridized carbons (Fsp3) is 0.533. The third-order valence-corrected chi connectivity index (χ3v) is 5.88. The number of fused-ring (bicyclic) bond motifs is 1. The van der Waals surface area contributed by atoms with Crippen molar-refractivity contribution in [2.45, 2.75) is 32.4 Å². The minimum Gasteiger partial charge on any atom is -0.327 e. The largest absolute Gasteiger partial charge is 0.327 e. The van der Waals surface area contributed by atoms with E-state index in [9.17, 15) is 8.42 Å². The molecule has 0 spiro atoms. The summed E-state index contributed by atoms with van der Waals surface area (Å²) in [5.41, 5.74) is 2.18. The van der Waals surface area contributed by atoms with Gasteiger partial charge < -0.3 is 9.88 Å². The maximum Gasteiger partial charge on any atom is 0.150 e. The number of nitrogens with one attached hydrogen (secondary N) is 1. The molecule has 1 N–H and O–H groups in total. The SMILES string of the molecule is Cc1nc2ccccc2n1CCNC1CCS(=O)(=O)CC1. The lowest BCUT2D eigenvalue weighted by molar-refractivity contribution is 0.450. The van der Waals surface area contributed by atoms with Crippen LogP contribution < -0.4 is 5.32 Å². The molecule has 0 atom stereocenters. The maximum atomic E-state index is 11.4. The molecule has 1 saturated heterocycles. The van der Waals surface area contributed by atoms with Crippen molar-refractivity contribution in [2.75, 3.05) is 18.1 Å². The molecule has 5 nitrogen and oxygen atoms in total. The minimum absolute atomic E-state index is 0.317. The van der Waals surface area contributed by atoms with Crippen molar-refractivity contribution in [3.05, 3.63) is 30.1 Å². The zero-order chi connectivity index (χ0) is 14.9. The number of nitrogens with zero attached hydrogens (tertiary/aromatic N) is 2. The van der Waals surface area contributed by atoms with Crippen LogP contribution in [0.2, 0.25) is 0 Å². The molecule has 0 unspecified atom stereocenters. The van der Waals surface area contributed by atoms with Gasteiger partial charge in [0.2, 0.25) is 0 Å². The standard InChI is InChI=1S/C15H21N3O2S/c1-12-17-14-4-2-3-5-15(14)18(12)9-8-16-13-6-10-21(19,20)11-7-13/h2-5,13,16H,6-11H2,1H3. The molecule has 1 aromatic carbocycles. The highest BCUT2D eigenvalue weighted by Gasteiger charge is 2.22. The van der Waals surface area contributed by atoms with E-state index in [1.54, 1.807) is 0 Å². The van der Waals surface area contributed by atoms with E-state index in [2.05, 4.69) is 20.9 Å². The summed E-state index contributed by atoms with van der Waals surface area (Å²) in [6.07, 6.45) is 1.46. The van der Waals surface area contributed by atoms with Gasteiger partial charge in [0.1, 0.15) is 15.7 Å². The van der Waals surface area contributed by atoms with E-state index >= 15 is 0 Å². The van der Waals surface area contributed by atoms with Crippen LogP contribution in [0, 0.1) is 6.92 Å². The first-order valence-electron chi connectivity index (χ1n) is 7.41. The Morgan fingerprint density at radius 1 is 1.29 bits per heavy atom. The summed E-state index contributed by atoms with van der Waals surface area (Å²) in [7, 11) is -2.77. The van der Waals surface area contributed by atoms with Crippen LogP contribution in [0.25, 0.3) is 11.0 Å². The fourth-order valence-electron chi connectivity index (χ4n) is 2.95. The van der Waals surface area contributed by atoms with Gasteiger partial charge in [-0.1, -0.05) is 12.1 Å². The van der Waals surface area contributed by atoms with Crippen molar-refractivity contribution in [1.29, 1.82) is 0 Å². The molecule has 3 rings (SSSR count). The zero-order valence-electron chi connectivity index (χ0n) is 12.2. The van der Waals surface area contributed by atoms with Gasteiger partial charge in [0.15, 0.2) is 0 Å². The molecule has 1 aliphatic heterocycles. The predicted molar refractivity (Wildman–Crippen MR) is 84.1 cm³/mol. The second kappa shape index (κ2) is 5.77. The van der Waals surface area contributed by atoms with Crippen LogP contribution >= 0.6 is 0 Å². The Balaban J connectivity index is 1.59. The summed E-state index contributed by atoms with van der Waals surface area (Å²) in [6, 6.07) is 8.46. The van der Waals surface area contributed by atoms with Crippen molar-refractivity contribution in [1.82, 2.24) is 14.9 Å². The molecule has 114 valence electrons. The van der Waals surface area contributed by atoms with Crippen LogP contribution in [-0.4, -0.2) is 42.1 Å². The van der Waals surface area contributed by atoms with Gasteiger partial charge in [-0.3, -0.25) is 0 Å². The Kier molecular flexibility index (Phi) is 3.99. The summed E-state index contributed by atoms with van der Waals surface area (Å²) in [4.78, 5) is 4.55. The van der Waals surface area contributed by atoms with Gasteiger partial charge >= 0.3 is 0 Å². The van der Waals surface area contributed by atoms with Crippen LogP contribution in [-0.2, 0) is 16.4 Å². The third kappa shape index (κ3) is 3.27. The molecule has 6 heteroatoms. The van der Waals surface area contributed by atoms with Crippen molar-refractivity contribution < 1.29 is 8.42 Å². The summed E-state index contributed by atoms with van der Waals surface area (Å²) in [5.74, 6) is 1.65. The number of para-hydroxylation sites is 2. The molecule has 1 fully saturated rings. The first-order valence-corrected chi connectivity index (χ1v) is 9.23. The van der Waals surface area contributed by atoms with Gasteiger partial charge in [0, 0.05) is 19.1 Å². The van der Waals surface area contributed by atoms with Gasteiger partial charge in [-0.25, -0.2) is 13.4 Å². The average molecular weight is 307 g/mol. The summed E-state index contributed by atoms with van der Waals surface area (Å²) >= 11 is 0.